The van der Waals surface area contributed by atoms with E-state index in [2.05, 4.69) is 48.7 Å². The van der Waals surface area contributed by atoms with Gasteiger partial charge in [0.15, 0.2) is 5.78 Å². The van der Waals surface area contributed by atoms with E-state index < -0.39 is 5.60 Å². The third kappa shape index (κ3) is 4.92. The Kier molecular flexibility index (Phi) is 5.92. The highest BCUT2D eigenvalue weighted by molar-refractivity contribution is 6.00. The molecule has 0 radical (unpaired) electrons. The third-order valence-corrected chi connectivity index (χ3v) is 5.55. The number of hydrogen-bond acceptors (Lipinski definition) is 3. The van der Waals surface area contributed by atoms with Crippen molar-refractivity contribution >= 4 is 17.5 Å². The monoisotopic (exact) mass is 422 g/mol. The van der Waals surface area contributed by atoms with Crippen LogP contribution in [-0.4, -0.2) is 23.0 Å². The van der Waals surface area contributed by atoms with Crippen molar-refractivity contribution in [2.45, 2.75) is 78.4 Å². The predicted octanol–water partition coefficient (Wildman–Crippen LogP) is 6.24. The lowest BCUT2D eigenvalue weighted by Gasteiger charge is -2.27. The molecule has 2 aromatic rings. The summed E-state index contributed by atoms with van der Waals surface area (Å²) in [5.74, 6) is 0.907. The fourth-order valence-electron chi connectivity index (χ4n) is 4.17. The zero-order chi connectivity index (χ0) is 23.1. The third-order valence-electron chi connectivity index (χ3n) is 5.55. The summed E-state index contributed by atoms with van der Waals surface area (Å²) in [5.41, 5.74) is 3.49. The molecule has 1 aliphatic heterocycles. The maximum Gasteiger partial charge on any atom is 0.319 e. The number of amides is 2. The quantitative estimate of drug-likeness (QED) is 0.574. The van der Waals surface area contributed by atoms with Crippen LogP contribution in [0.3, 0.4) is 0 Å². The SMILES string of the molecule is CC(=O)c1cc(NC(=O)NC(C)(C)C)cc2c1OC(C)(C)C2c1ccc(C(C)C)cc1. The van der Waals surface area contributed by atoms with E-state index in [9.17, 15) is 9.59 Å². The minimum absolute atomic E-state index is 0.0609. The van der Waals surface area contributed by atoms with Crippen LogP contribution in [0.15, 0.2) is 36.4 Å². The number of Topliss-reactive ketones (excluding diaryl/α,β-unsaturated/α-hetero) is 1. The highest BCUT2D eigenvalue weighted by atomic mass is 16.5. The first-order chi connectivity index (χ1) is 14.3. The highest BCUT2D eigenvalue weighted by Crippen LogP contribution is 2.51. The molecule has 1 unspecified atom stereocenters. The van der Waals surface area contributed by atoms with Gasteiger partial charge in [-0.3, -0.25) is 4.79 Å². The van der Waals surface area contributed by atoms with Gasteiger partial charge in [-0.05, 0) is 70.7 Å². The molecule has 1 aliphatic rings. The van der Waals surface area contributed by atoms with E-state index in [-0.39, 0.29) is 23.3 Å². The Balaban J connectivity index is 2.07. The first-order valence-corrected chi connectivity index (χ1v) is 10.9. The standard InChI is InChI=1S/C26H34N2O3/c1-15(2)17-9-11-18(12-10-17)22-21-14-19(27-24(30)28-25(4,5)6)13-20(16(3)29)23(21)31-26(22,7)8/h9-15,22H,1-8H3,(H2,27,28,30). The van der Waals surface area contributed by atoms with Crippen LogP contribution in [0.1, 0.15) is 94.3 Å². The Labute approximate surface area is 185 Å². The van der Waals surface area contributed by atoms with Crippen LogP contribution in [0.2, 0.25) is 0 Å². The Morgan fingerprint density at radius 3 is 2.19 bits per heavy atom. The molecule has 166 valence electrons. The number of nitrogens with one attached hydrogen (secondary N) is 2. The van der Waals surface area contributed by atoms with E-state index in [0.717, 1.165) is 11.1 Å². The Hall–Kier alpha value is -2.82. The Morgan fingerprint density at radius 2 is 1.68 bits per heavy atom. The topological polar surface area (TPSA) is 67.4 Å². The number of carbonyl (C=O) groups excluding carboxylic acids is 2. The zero-order valence-corrected chi connectivity index (χ0v) is 19.8. The second-order valence-electron chi connectivity index (χ2n) is 10.3. The summed E-state index contributed by atoms with van der Waals surface area (Å²) >= 11 is 0. The van der Waals surface area contributed by atoms with Crippen LogP contribution >= 0.6 is 0 Å². The summed E-state index contributed by atoms with van der Waals surface area (Å²) in [6.45, 7) is 15.7. The fourth-order valence-corrected chi connectivity index (χ4v) is 4.17. The molecular formula is C26H34N2O3. The lowest BCUT2D eigenvalue weighted by atomic mass is 9.80. The van der Waals surface area contributed by atoms with Gasteiger partial charge in [0.2, 0.25) is 0 Å². The maximum absolute atomic E-state index is 12.5. The van der Waals surface area contributed by atoms with Gasteiger partial charge in [-0.1, -0.05) is 38.1 Å². The van der Waals surface area contributed by atoms with Crippen molar-refractivity contribution in [3.8, 4) is 5.75 Å². The molecule has 31 heavy (non-hydrogen) atoms. The summed E-state index contributed by atoms with van der Waals surface area (Å²) in [4.78, 5) is 24.9. The number of anilines is 1. The molecule has 0 fully saturated rings. The average Bonchev–Trinajstić information content (AvgIpc) is 2.89. The van der Waals surface area contributed by atoms with E-state index in [0.29, 0.717) is 22.9 Å². The lowest BCUT2D eigenvalue weighted by molar-refractivity contribution is 0.0990. The normalized spacial score (nSPS) is 17.1. The first kappa shape index (κ1) is 22.9. The van der Waals surface area contributed by atoms with Crippen LogP contribution in [0.4, 0.5) is 10.5 Å². The minimum Gasteiger partial charge on any atom is -0.486 e. The van der Waals surface area contributed by atoms with Gasteiger partial charge < -0.3 is 15.4 Å². The van der Waals surface area contributed by atoms with Crippen molar-refractivity contribution in [3.05, 3.63) is 58.7 Å². The van der Waals surface area contributed by atoms with Crippen LogP contribution < -0.4 is 15.4 Å². The molecule has 2 N–H and O–H groups in total. The molecule has 1 atom stereocenters. The van der Waals surface area contributed by atoms with Gasteiger partial charge in [0.05, 0.1) is 11.5 Å². The summed E-state index contributed by atoms with van der Waals surface area (Å²) < 4.78 is 6.32. The number of fused-ring (bicyclic) bond motifs is 1. The fraction of sp³-hybridized carbons (Fsp3) is 0.462. The smallest absolute Gasteiger partial charge is 0.319 e. The van der Waals surface area contributed by atoms with Gasteiger partial charge in [-0.15, -0.1) is 0 Å². The molecule has 2 amide bonds. The number of hydrogen-bond donors (Lipinski definition) is 2. The van der Waals surface area contributed by atoms with Gasteiger partial charge in [0.25, 0.3) is 0 Å². The van der Waals surface area contributed by atoms with Crippen LogP contribution in [0.25, 0.3) is 0 Å². The van der Waals surface area contributed by atoms with E-state index >= 15 is 0 Å². The van der Waals surface area contributed by atoms with Crippen molar-refractivity contribution in [3.63, 3.8) is 0 Å². The van der Waals surface area contributed by atoms with Crippen molar-refractivity contribution < 1.29 is 14.3 Å². The summed E-state index contributed by atoms with van der Waals surface area (Å²) in [5, 5.41) is 5.78. The number of carbonyl (C=O) groups is 2. The molecule has 2 aromatic carbocycles. The van der Waals surface area contributed by atoms with Crippen molar-refractivity contribution in [2.24, 2.45) is 0 Å². The van der Waals surface area contributed by atoms with Gasteiger partial charge in [-0.25, -0.2) is 4.79 Å². The predicted molar refractivity (Wildman–Crippen MR) is 125 cm³/mol. The molecular weight excluding hydrogens is 388 g/mol. The van der Waals surface area contributed by atoms with Gasteiger partial charge in [-0.2, -0.15) is 0 Å². The highest BCUT2D eigenvalue weighted by Gasteiger charge is 2.44. The van der Waals surface area contributed by atoms with Crippen LogP contribution in [0, 0.1) is 0 Å². The number of ether oxygens (including phenoxy) is 1. The molecule has 0 aromatic heterocycles. The van der Waals surface area contributed by atoms with E-state index in [1.54, 1.807) is 6.07 Å². The molecule has 0 saturated heterocycles. The van der Waals surface area contributed by atoms with Crippen molar-refractivity contribution in [2.75, 3.05) is 5.32 Å². The van der Waals surface area contributed by atoms with Crippen LogP contribution in [0.5, 0.6) is 5.75 Å². The number of benzene rings is 2. The van der Waals surface area contributed by atoms with Gasteiger partial charge in [0.1, 0.15) is 11.4 Å². The zero-order valence-electron chi connectivity index (χ0n) is 19.8. The summed E-state index contributed by atoms with van der Waals surface area (Å²) in [7, 11) is 0. The number of ketones is 1. The Morgan fingerprint density at radius 1 is 1.06 bits per heavy atom. The molecule has 0 saturated carbocycles. The van der Waals surface area contributed by atoms with Gasteiger partial charge in [0, 0.05) is 16.8 Å². The molecule has 1 heterocycles. The second kappa shape index (κ2) is 8.03. The first-order valence-electron chi connectivity index (χ1n) is 10.9. The summed E-state index contributed by atoms with van der Waals surface area (Å²) in [6.07, 6.45) is 0. The molecule has 0 aliphatic carbocycles. The largest absolute Gasteiger partial charge is 0.486 e. The lowest BCUT2D eigenvalue weighted by Crippen LogP contribution is -2.43. The van der Waals surface area contributed by atoms with E-state index in [1.807, 2.05) is 40.7 Å². The second-order valence-corrected chi connectivity index (χ2v) is 10.3. The molecule has 0 bridgehead atoms. The Bertz CT molecular complexity index is 999. The van der Waals surface area contributed by atoms with Crippen molar-refractivity contribution in [1.29, 1.82) is 0 Å². The van der Waals surface area contributed by atoms with E-state index in [4.69, 9.17) is 4.74 Å². The molecule has 5 nitrogen and oxygen atoms in total. The summed E-state index contributed by atoms with van der Waals surface area (Å²) in [6, 6.07) is 11.9. The minimum atomic E-state index is -0.530. The molecule has 3 rings (SSSR count). The number of urea groups is 1. The van der Waals surface area contributed by atoms with Gasteiger partial charge >= 0.3 is 6.03 Å². The maximum atomic E-state index is 12.5. The molecule has 5 heteroatoms. The average molecular weight is 423 g/mol. The van der Waals surface area contributed by atoms with E-state index in [1.165, 1.54) is 12.5 Å². The molecule has 0 spiro atoms. The number of rotatable bonds is 4. The van der Waals surface area contributed by atoms with Crippen LogP contribution in [-0.2, 0) is 0 Å². The van der Waals surface area contributed by atoms with Crippen molar-refractivity contribution in [1.82, 2.24) is 5.32 Å².